The van der Waals surface area contributed by atoms with Crippen molar-refractivity contribution in [1.29, 1.82) is 5.26 Å². The van der Waals surface area contributed by atoms with Gasteiger partial charge in [0.25, 0.3) is 0 Å². The first-order valence-corrected chi connectivity index (χ1v) is 12.9. The molecule has 0 fully saturated rings. The average molecular weight is 551 g/mol. The molecule has 1 atom stereocenters. The number of allylic oxidation sites excluding steroid dienone is 1. The van der Waals surface area contributed by atoms with E-state index in [1.165, 1.54) is 0 Å². The first kappa shape index (κ1) is 25.3. The molecule has 1 unspecified atom stereocenters. The smallest absolute Gasteiger partial charge is 0.344 e. The zero-order chi connectivity index (χ0) is 28.1. The van der Waals surface area contributed by atoms with Gasteiger partial charge in [-0.2, -0.15) is 10.4 Å². The first-order valence-electron chi connectivity index (χ1n) is 12.5. The highest BCUT2D eigenvalue weighted by molar-refractivity contribution is 6.30. The van der Waals surface area contributed by atoms with E-state index in [1.807, 2.05) is 56.3 Å². The zero-order valence-electron chi connectivity index (χ0n) is 21.9. The van der Waals surface area contributed by atoms with Crippen molar-refractivity contribution in [3.63, 3.8) is 0 Å². The van der Waals surface area contributed by atoms with Crippen LogP contribution in [0.15, 0.2) is 87.4 Å². The van der Waals surface area contributed by atoms with Crippen LogP contribution in [0.25, 0.3) is 16.7 Å². The van der Waals surface area contributed by atoms with Crippen LogP contribution >= 0.6 is 11.6 Å². The molecule has 8 nitrogen and oxygen atoms in total. The summed E-state index contributed by atoms with van der Waals surface area (Å²) in [6.07, 6.45) is 0. The summed E-state index contributed by atoms with van der Waals surface area (Å²) < 4.78 is 19.7. The molecule has 0 amide bonds. The van der Waals surface area contributed by atoms with Crippen molar-refractivity contribution in [2.24, 2.45) is 5.73 Å². The summed E-state index contributed by atoms with van der Waals surface area (Å²) in [5.74, 6) is 0.00485. The molecular weight excluding hydrogens is 528 g/mol. The quantitative estimate of drug-likeness (QED) is 0.251. The molecule has 0 saturated heterocycles. The Hall–Kier alpha value is -5.00. The van der Waals surface area contributed by atoms with E-state index in [4.69, 9.17) is 36.3 Å². The van der Waals surface area contributed by atoms with Crippen molar-refractivity contribution in [3.8, 4) is 29.1 Å². The first-order chi connectivity index (χ1) is 19.2. The average Bonchev–Trinajstić information content (AvgIpc) is 3.24. The lowest BCUT2D eigenvalue weighted by atomic mass is 9.83. The standard InChI is InChI=1S/C31H23ClN4O4/c1-16-7-10-21(11-8-16)38-30-25(18(3)35-36(30)20-6-4-5-19(32)14-20)26-23(15-33)29(34)40-28-22-13-17(2)9-12-24(22)39-31(37)27(26)28/h4-14,26H,34H2,1-3H3. The molecule has 198 valence electrons. The summed E-state index contributed by atoms with van der Waals surface area (Å²) in [5.41, 5.74) is 9.86. The van der Waals surface area contributed by atoms with Crippen LogP contribution in [0.3, 0.4) is 0 Å². The lowest BCUT2D eigenvalue weighted by molar-refractivity contribution is 0.385. The molecule has 0 aliphatic carbocycles. The topological polar surface area (TPSA) is 116 Å². The summed E-state index contributed by atoms with van der Waals surface area (Å²) in [5, 5.41) is 16.1. The van der Waals surface area contributed by atoms with Gasteiger partial charge in [0.15, 0.2) is 5.75 Å². The van der Waals surface area contributed by atoms with Crippen LogP contribution in [-0.2, 0) is 0 Å². The largest absolute Gasteiger partial charge is 0.439 e. The van der Waals surface area contributed by atoms with Crippen molar-refractivity contribution in [3.05, 3.63) is 122 Å². The van der Waals surface area contributed by atoms with Gasteiger partial charge in [0.2, 0.25) is 11.8 Å². The number of fused-ring (bicyclic) bond motifs is 3. The predicted molar refractivity (Wildman–Crippen MR) is 151 cm³/mol. The summed E-state index contributed by atoms with van der Waals surface area (Å²) in [6.45, 7) is 5.68. The van der Waals surface area contributed by atoms with E-state index in [0.717, 1.165) is 11.1 Å². The van der Waals surface area contributed by atoms with Crippen LogP contribution in [0.4, 0.5) is 0 Å². The van der Waals surface area contributed by atoms with Crippen LogP contribution in [0, 0.1) is 32.1 Å². The maximum absolute atomic E-state index is 13.5. The Bertz CT molecular complexity index is 1950. The molecule has 1 aliphatic heterocycles. The second-order valence-corrected chi connectivity index (χ2v) is 10.1. The van der Waals surface area contributed by atoms with Gasteiger partial charge in [-0.3, -0.25) is 0 Å². The number of aromatic nitrogens is 2. The van der Waals surface area contributed by atoms with Gasteiger partial charge in [-0.15, -0.1) is 0 Å². The highest BCUT2D eigenvalue weighted by Gasteiger charge is 2.40. The number of nitrogens with zero attached hydrogens (tertiary/aromatic N) is 3. The van der Waals surface area contributed by atoms with E-state index in [0.29, 0.717) is 44.6 Å². The van der Waals surface area contributed by atoms with Gasteiger partial charge in [-0.1, -0.05) is 47.0 Å². The highest BCUT2D eigenvalue weighted by atomic mass is 35.5. The molecule has 0 radical (unpaired) electrons. The van der Waals surface area contributed by atoms with Crippen LogP contribution in [-0.4, -0.2) is 9.78 Å². The Labute approximate surface area is 234 Å². The number of benzene rings is 3. The SMILES string of the molecule is Cc1ccc(Oc2c(C3C(C#N)=C(N)Oc4c3c(=O)oc3ccc(C)cc43)c(C)nn2-c2cccc(Cl)c2)cc1. The molecule has 0 bridgehead atoms. The Balaban J connectivity index is 1.67. The summed E-state index contributed by atoms with van der Waals surface area (Å²) in [4.78, 5) is 13.5. The third-order valence-corrected chi connectivity index (χ3v) is 7.10. The molecule has 6 rings (SSSR count). The maximum Gasteiger partial charge on any atom is 0.344 e. The summed E-state index contributed by atoms with van der Waals surface area (Å²) >= 11 is 6.32. The summed E-state index contributed by atoms with van der Waals surface area (Å²) in [6, 6.07) is 22.2. The Morgan fingerprint density at radius 2 is 1.77 bits per heavy atom. The van der Waals surface area contributed by atoms with Crippen molar-refractivity contribution in [2.45, 2.75) is 26.7 Å². The maximum atomic E-state index is 13.5. The number of nitrogens with two attached hydrogens (primary N) is 1. The molecule has 9 heteroatoms. The molecule has 40 heavy (non-hydrogen) atoms. The van der Waals surface area contributed by atoms with Crippen molar-refractivity contribution < 1.29 is 13.9 Å². The highest BCUT2D eigenvalue weighted by Crippen LogP contribution is 2.48. The second-order valence-electron chi connectivity index (χ2n) is 9.67. The molecule has 3 aromatic carbocycles. The van der Waals surface area contributed by atoms with Crippen molar-refractivity contribution >= 4 is 22.6 Å². The van der Waals surface area contributed by atoms with Gasteiger partial charge < -0.3 is 19.6 Å². The minimum absolute atomic E-state index is 0.0503. The third kappa shape index (κ3) is 4.17. The number of nitriles is 1. The Morgan fingerprint density at radius 3 is 2.50 bits per heavy atom. The molecule has 0 spiro atoms. The monoisotopic (exact) mass is 550 g/mol. The lowest BCUT2D eigenvalue weighted by Crippen LogP contribution is -2.26. The Morgan fingerprint density at radius 1 is 1.02 bits per heavy atom. The minimum Gasteiger partial charge on any atom is -0.439 e. The van der Waals surface area contributed by atoms with E-state index in [1.54, 1.807) is 35.9 Å². The van der Waals surface area contributed by atoms with E-state index in [-0.39, 0.29) is 22.8 Å². The molecule has 2 aromatic heterocycles. The zero-order valence-corrected chi connectivity index (χ0v) is 22.6. The van der Waals surface area contributed by atoms with Gasteiger partial charge in [0, 0.05) is 5.02 Å². The van der Waals surface area contributed by atoms with Crippen LogP contribution in [0.5, 0.6) is 17.4 Å². The number of hydrogen-bond acceptors (Lipinski definition) is 7. The normalized spacial score (nSPS) is 14.5. The number of ether oxygens (including phenoxy) is 2. The van der Waals surface area contributed by atoms with Gasteiger partial charge in [-0.05, 0) is 63.2 Å². The number of rotatable bonds is 4. The van der Waals surface area contributed by atoms with Crippen molar-refractivity contribution in [2.75, 3.05) is 0 Å². The van der Waals surface area contributed by atoms with Crippen LogP contribution in [0.1, 0.15) is 33.9 Å². The van der Waals surface area contributed by atoms with Crippen LogP contribution < -0.4 is 20.8 Å². The molecule has 2 N–H and O–H groups in total. The number of aryl methyl sites for hydroxylation is 3. The summed E-state index contributed by atoms with van der Waals surface area (Å²) in [7, 11) is 0. The van der Waals surface area contributed by atoms with Gasteiger partial charge in [0.1, 0.15) is 23.0 Å². The molecular formula is C31H23ClN4O4. The number of hydrogen-bond donors (Lipinski definition) is 1. The van der Waals surface area contributed by atoms with E-state index in [2.05, 4.69) is 6.07 Å². The number of halogens is 1. The van der Waals surface area contributed by atoms with Gasteiger partial charge in [0.05, 0.1) is 33.8 Å². The van der Waals surface area contributed by atoms with Crippen molar-refractivity contribution in [1.82, 2.24) is 9.78 Å². The second kappa shape index (κ2) is 9.63. The van der Waals surface area contributed by atoms with E-state index in [9.17, 15) is 10.1 Å². The molecule has 3 heterocycles. The van der Waals surface area contributed by atoms with Crippen LogP contribution in [0.2, 0.25) is 5.02 Å². The fourth-order valence-electron chi connectivity index (χ4n) is 4.97. The molecule has 0 saturated carbocycles. The van der Waals surface area contributed by atoms with E-state index >= 15 is 0 Å². The third-order valence-electron chi connectivity index (χ3n) is 6.86. The van der Waals surface area contributed by atoms with Gasteiger partial charge in [-0.25, -0.2) is 9.48 Å². The molecule has 1 aliphatic rings. The Kier molecular flexibility index (Phi) is 6.09. The predicted octanol–water partition coefficient (Wildman–Crippen LogP) is 6.57. The molecule has 5 aromatic rings. The van der Waals surface area contributed by atoms with Gasteiger partial charge >= 0.3 is 5.63 Å². The fourth-order valence-corrected chi connectivity index (χ4v) is 5.16. The lowest BCUT2D eigenvalue weighted by Gasteiger charge is -2.26. The fraction of sp³-hybridized carbons (Fsp3) is 0.129. The minimum atomic E-state index is -0.969. The van der Waals surface area contributed by atoms with E-state index < -0.39 is 11.5 Å².